The highest BCUT2D eigenvalue weighted by Gasteiger charge is 2.33. The molecule has 25 heavy (non-hydrogen) atoms. The molecular formula is C17H29N3O4S. The summed E-state index contributed by atoms with van der Waals surface area (Å²) in [5.41, 5.74) is 0.875. The average Bonchev–Trinajstić information content (AvgIpc) is 3.08. The van der Waals surface area contributed by atoms with Gasteiger partial charge < -0.3 is 14.4 Å². The quantitative estimate of drug-likeness (QED) is 0.662. The number of sulfone groups is 1. The molecule has 1 aromatic rings. The third-order valence-electron chi connectivity index (χ3n) is 4.99. The van der Waals surface area contributed by atoms with Crippen molar-refractivity contribution in [3.8, 4) is 0 Å². The van der Waals surface area contributed by atoms with Crippen molar-refractivity contribution in [2.24, 2.45) is 5.92 Å². The van der Waals surface area contributed by atoms with Gasteiger partial charge in [0.25, 0.3) is 0 Å². The van der Waals surface area contributed by atoms with Crippen LogP contribution in [0.5, 0.6) is 0 Å². The largest absolute Gasteiger partial charge is 0.395 e. The highest BCUT2D eigenvalue weighted by molar-refractivity contribution is 7.91. The zero-order valence-corrected chi connectivity index (χ0v) is 15.7. The minimum Gasteiger partial charge on any atom is -0.395 e. The maximum Gasteiger partial charge on any atom is 0.227 e. The van der Waals surface area contributed by atoms with Crippen LogP contribution in [0, 0.1) is 5.92 Å². The summed E-state index contributed by atoms with van der Waals surface area (Å²) in [6, 6.07) is 0. The minimum atomic E-state index is -3.37. The molecule has 8 heteroatoms. The molecule has 2 aliphatic rings. The second-order valence-electron chi connectivity index (χ2n) is 7.09. The smallest absolute Gasteiger partial charge is 0.227 e. The first-order valence-electron chi connectivity index (χ1n) is 9.25. The number of nitrogens with zero attached hydrogens (tertiary/aromatic N) is 3. The first-order valence-corrected chi connectivity index (χ1v) is 10.9. The molecule has 0 spiro atoms. The van der Waals surface area contributed by atoms with Crippen LogP contribution in [-0.4, -0.2) is 66.1 Å². The molecule has 0 aromatic carbocycles. The Morgan fingerprint density at radius 2 is 2.20 bits per heavy atom. The summed E-state index contributed by atoms with van der Waals surface area (Å²) in [4.78, 5) is 6.37. The van der Waals surface area contributed by atoms with Crippen LogP contribution in [0.3, 0.4) is 0 Å². The number of hydrogen-bond acceptors (Lipinski definition) is 6. The van der Waals surface area contributed by atoms with Gasteiger partial charge in [-0.15, -0.1) is 0 Å². The standard InChI is InChI=1S/C17H29N3O4S/c1-2-19(7-8-21)11-15-10-18-17(25(22,23)13-14-5-6-14)20(15)12-16-4-3-9-24-16/h10,14,16,21H,2-9,11-13H2,1H3/t16-/m1/s1. The van der Waals surface area contributed by atoms with E-state index in [2.05, 4.69) is 9.88 Å². The van der Waals surface area contributed by atoms with Crippen molar-refractivity contribution < 1.29 is 18.3 Å². The summed E-state index contributed by atoms with van der Waals surface area (Å²) < 4.78 is 33.2. The van der Waals surface area contributed by atoms with Crippen LogP contribution in [0.15, 0.2) is 11.4 Å². The SMILES string of the molecule is CCN(CCO)Cc1cnc(S(=O)(=O)CC2CC2)n1C[C@H]1CCCO1. The van der Waals surface area contributed by atoms with Gasteiger partial charge in [-0.25, -0.2) is 13.4 Å². The Bertz CT molecular complexity index is 663. The number of likely N-dealkylation sites (N-methyl/N-ethyl adjacent to an activating group) is 1. The first kappa shape index (κ1) is 18.8. The third kappa shape index (κ3) is 4.81. The van der Waals surface area contributed by atoms with Gasteiger partial charge in [-0.3, -0.25) is 4.90 Å². The van der Waals surface area contributed by atoms with E-state index in [4.69, 9.17) is 4.74 Å². The molecule has 2 fully saturated rings. The molecule has 1 N–H and O–H groups in total. The van der Waals surface area contributed by atoms with Gasteiger partial charge in [-0.2, -0.15) is 0 Å². The van der Waals surface area contributed by atoms with Gasteiger partial charge in [0.1, 0.15) is 0 Å². The number of aliphatic hydroxyl groups excluding tert-OH is 1. The van der Waals surface area contributed by atoms with E-state index in [1.165, 1.54) is 0 Å². The average molecular weight is 372 g/mol. The number of imidazole rings is 1. The summed E-state index contributed by atoms with van der Waals surface area (Å²) in [5, 5.41) is 9.39. The van der Waals surface area contributed by atoms with Gasteiger partial charge in [-0.05, 0) is 38.1 Å². The normalized spacial score (nSPS) is 21.3. The van der Waals surface area contributed by atoms with Gasteiger partial charge >= 0.3 is 0 Å². The van der Waals surface area contributed by atoms with E-state index in [-0.39, 0.29) is 23.6 Å². The summed E-state index contributed by atoms with van der Waals surface area (Å²) in [5.74, 6) is 0.492. The van der Waals surface area contributed by atoms with Gasteiger partial charge in [0.15, 0.2) is 0 Å². The zero-order chi connectivity index (χ0) is 17.9. The highest BCUT2D eigenvalue weighted by atomic mass is 32.2. The topological polar surface area (TPSA) is 84.7 Å². The van der Waals surface area contributed by atoms with E-state index in [1.807, 2.05) is 11.5 Å². The number of rotatable bonds is 10. The fraction of sp³-hybridized carbons (Fsp3) is 0.824. The van der Waals surface area contributed by atoms with Crippen LogP contribution in [0.4, 0.5) is 0 Å². The predicted octanol–water partition coefficient (Wildman–Crippen LogP) is 1.06. The molecule has 0 radical (unpaired) electrons. The van der Waals surface area contributed by atoms with E-state index in [0.29, 0.717) is 25.6 Å². The molecule has 1 aliphatic heterocycles. The maximum atomic E-state index is 12.8. The van der Waals surface area contributed by atoms with Crippen LogP contribution in [0.2, 0.25) is 0 Å². The molecule has 1 atom stereocenters. The van der Waals surface area contributed by atoms with E-state index in [9.17, 15) is 13.5 Å². The van der Waals surface area contributed by atoms with Crippen molar-refractivity contribution in [2.75, 3.05) is 32.1 Å². The maximum absolute atomic E-state index is 12.8. The monoisotopic (exact) mass is 371 g/mol. The molecule has 3 rings (SSSR count). The molecule has 0 bridgehead atoms. The molecule has 0 amide bonds. The number of ether oxygens (including phenoxy) is 1. The third-order valence-corrected chi connectivity index (χ3v) is 6.78. The highest BCUT2D eigenvalue weighted by Crippen LogP contribution is 2.32. The van der Waals surface area contributed by atoms with E-state index in [1.54, 1.807) is 6.20 Å². The fourth-order valence-electron chi connectivity index (χ4n) is 3.34. The molecule has 1 saturated heterocycles. The van der Waals surface area contributed by atoms with Crippen LogP contribution in [-0.2, 0) is 27.7 Å². The van der Waals surface area contributed by atoms with Crippen LogP contribution in [0.1, 0.15) is 38.3 Å². The Hall–Kier alpha value is -0.960. The molecule has 7 nitrogen and oxygen atoms in total. The van der Waals surface area contributed by atoms with Gasteiger partial charge in [0, 0.05) is 19.7 Å². The van der Waals surface area contributed by atoms with E-state index in [0.717, 1.165) is 44.5 Å². The van der Waals surface area contributed by atoms with Crippen molar-refractivity contribution in [1.29, 1.82) is 0 Å². The molecule has 2 heterocycles. The summed E-state index contributed by atoms with van der Waals surface area (Å²) in [7, 11) is -3.37. The van der Waals surface area contributed by atoms with Crippen LogP contribution < -0.4 is 0 Å². The summed E-state index contributed by atoms with van der Waals surface area (Å²) in [6.45, 7) is 5.31. The Kier molecular flexibility index (Phi) is 6.14. The lowest BCUT2D eigenvalue weighted by Gasteiger charge is -2.21. The Morgan fingerprint density at radius 1 is 1.40 bits per heavy atom. The minimum absolute atomic E-state index is 0.0516. The van der Waals surface area contributed by atoms with Gasteiger partial charge in [-0.1, -0.05) is 6.92 Å². The van der Waals surface area contributed by atoms with Crippen molar-refractivity contribution in [3.05, 3.63) is 11.9 Å². The number of aromatic nitrogens is 2. The van der Waals surface area contributed by atoms with Crippen molar-refractivity contribution in [2.45, 2.75) is 57.0 Å². The van der Waals surface area contributed by atoms with Gasteiger partial charge in [0.2, 0.25) is 15.0 Å². The zero-order valence-electron chi connectivity index (χ0n) is 14.9. The number of aliphatic hydroxyl groups is 1. The lowest BCUT2D eigenvalue weighted by Crippen LogP contribution is -2.29. The molecule has 1 aliphatic carbocycles. The Morgan fingerprint density at radius 3 is 2.80 bits per heavy atom. The first-order chi connectivity index (χ1) is 12.0. The van der Waals surface area contributed by atoms with Crippen LogP contribution >= 0.6 is 0 Å². The Balaban J connectivity index is 1.85. The van der Waals surface area contributed by atoms with E-state index >= 15 is 0 Å². The van der Waals surface area contributed by atoms with Crippen molar-refractivity contribution in [3.63, 3.8) is 0 Å². The van der Waals surface area contributed by atoms with Gasteiger partial charge in [0.05, 0.1) is 36.9 Å². The number of hydrogen-bond donors (Lipinski definition) is 1. The summed E-state index contributed by atoms with van der Waals surface area (Å²) >= 11 is 0. The predicted molar refractivity (Wildman–Crippen MR) is 94.0 cm³/mol. The molecule has 1 aromatic heterocycles. The van der Waals surface area contributed by atoms with Crippen molar-refractivity contribution >= 4 is 9.84 Å². The van der Waals surface area contributed by atoms with Crippen LogP contribution in [0.25, 0.3) is 0 Å². The lowest BCUT2D eigenvalue weighted by atomic mass is 10.2. The Labute approximate surface area is 149 Å². The fourth-order valence-corrected chi connectivity index (χ4v) is 5.19. The van der Waals surface area contributed by atoms with Crippen molar-refractivity contribution in [1.82, 2.24) is 14.5 Å². The lowest BCUT2D eigenvalue weighted by molar-refractivity contribution is 0.0930. The molecule has 142 valence electrons. The molecule has 1 saturated carbocycles. The molecular weight excluding hydrogens is 342 g/mol. The second-order valence-corrected chi connectivity index (χ2v) is 9.02. The second kappa shape index (κ2) is 8.16. The van der Waals surface area contributed by atoms with E-state index < -0.39 is 9.84 Å². The summed E-state index contributed by atoms with van der Waals surface area (Å²) in [6.07, 6.45) is 5.69. The molecule has 0 unspecified atom stereocenters.